The van der Waals surface area contributed by atoms with Gasteiger partial charge in [-0.1, -0.05) is 6.07 Å². The lowest BCUT2D eigenvalue weighted by Crippen LogP contribution is -2.50. The van der Waals surface area contributed by atoms with Crippen molar-refractivity contribution in [1.29, 1.82) is 0 Å². The molecular formula is C29H47N3O6. The fourth-order valence-corrected chi connectivity index (χ4v) is 4.95. The van der Waals surface area contributed by atoms with Gasteiger partial charge >= 0.3 is 12.2 Å². The molecule has 0 bridgehead atoms. The smallest absolute Gasteiger partial charge is 0.412 e. The molecule has 38 heavy (non-hydrogen) atoms. The molecule has 0 unspecified atom stereocenters. The highest BCUT2D eigenvalue weighted by molar-refractivity contribution is 5.70. The van der Waals surface area contributed by atoms with Crippen LogP contribution < -0.4 is 0 Å². The Hall–Kier alpha value is -2.39. The molecule has 1 aromatic rings. The molecule has 2 aliphatic heterocycles. The summed E-state index contributed by atoms with van der Waals surface area (Å²) in [6.45, 7) is 19.7. The van der Waals surface area contributed by atoms with Crippen LogP contribution in [0, 0.1) is 0 Å². The quantitative estimate of drug-likeness (QED) is 0.464. The van der Waals surface area contributed by atoms with E-state index in [9.17, 15) is 9.59 Å². The summed E-state index contributed by atoms with van der Waals surface area (Å²) in [7, 11) is 0. The molecule has 0 aliphatic carbocycles. The van der Waals surface area contributed by atoms with Gasteiger partial charge in [0.05, 0.1) is 25.3 Å². The van der Waals surface area contributed by atoms with Crippen molar-refractivity contribution in [1.82, 2.24) is 14.8 Å². The van der Waals surface area contributed by atoms with Gasteiger partial charge in [-0.2, -0.15) is 0 Å². The van der Waals surface area contributed by atoms with E-state index in [1.54, 1.807) is 9.80 Å². The lowest BCUT2D eigenvalue weighted by atomic mass is 10.0. The highest BCUT2D eigenvalue weighted by atomic mass is 16.6. The number of rotatable bonds is 6. The summed E-state index contributed by atoms with van der Waals surface area (Å²) in [4.78, 5) is 33.8. The minimum Gasteiger partial charge on any atom is -0.444 e. The summed E-state index contributed by atoms with van der Waals surface area (Å²) in [6, 6.07) is 3.98. The topological polar surface area (TPSA) is 90.4 Å². The van der Waals surface area contributed by atoms with Crippen LogP contribution in [0.1, 0.15) is 93.3 Å². The molecule has 9 nitrogen and oxygen atoms in total. The largest absolute Gasteiger partial charge is 0.444 e. The van der Waals surface area contributed by atoms with Crippen LogP contribution in [-0.2, 0) is 31.8 Å². The van der Waals surface area contributed by atoms with Gasteiger partial charge in [0.2, 0.25) is 0 Å². The Balaban J connectivity index is 1.56. The van der Waals surface area contributed by atoms with Crippen molar-refractivity contribution in [3.8, 4) is 0 Å². The Morgan fingerprint density at radius 2 is 1.29 bits per heavy atom. The van der Waals surface area contributed by atoms with E-state index in [0.29, 0.717) is 13.2 Å². The Labute approximate surface area is 228 Å². The average Bonchev–Trinajstić information content (AvgIpc) is 3.23. The second-order valence-corrected chi connectivity index (χ2v) is 13.3. The molecule has 2 fully saturated rings. The Morgan fingerprint density at radius 3 is 1.68 bits per heavy atom. The fourth-order valence-electron chi connectivity index (χ4n) is 4.95. The molecule has 0 saturated carbocycles. The maximum Gasteiger partial charge on any atom is 0.412 e. The maximum absolute atomic E-state index is 12.9. The van der Waals surface area contributed by atoms with Crippen LogP contribution in [0.15, 0.2) is 18.3 Å². The third kappa shape index (κ3) is 7.82. The third-order valence-corrected chi connectivity index (χ3v) is 6.71. The minimum atomic E-state index is -0.712. The van der Waals surface area contributed by atoms with Gasteiger partial charge in [-0.15, -0.1) is 0 Å². The predicted molar refractivity (Wildman–Crippen MR) is 145 cm³/mol. The van der Waals surface area contributed by atoms with Crippen molar-refractivity contribution in [3.05, 3.63) is 29.6 Å². The van der Waals surface area contributed by atoms with E-state index in [0.717, 1.165) is 36.9 Å². The van der Waals surface area contributed by atoms with Crippen LogP contribution >= 0.6 is 0 Å². The van der Waals surface area contributed by atoms with Gasteiger partial charge in [-0.05, 0) is 107 Å². The molecule has 3 rings (SSSR count). The van der Waals surface area contributed by atoms with Crippen molar-refractivity contribution >= 4 is 12.2 Å². The highest BCUT2D eigenvalue weighted by Crippen LogP contribution is 2.33. The zero-order chi connectivity index (χ0) is 28.5. The molecular weight excluding hydrogens is 486 g/mol. The van der Waals surface area contributed by atoms with Crippen LogP contribution in [-0.4, -0.2) is 74.9 Å². The van der Waals surface area contributed by atoms with E-state index >= 15 is 0 Å². The van der Waals surface area contributed by atoms with Gasteiger partial charge in [0.1, 0.15) is 22.7 Å². The number of carbonyl (C=O) groups excluding carboxylic acids is 2. The van der Waals surface area contributed by atoms with Crippen molar-refractivity contribution < 1.29 is 28.5 Å². The lowest BCUT2D eigenvalue weighted by Gasteiger charge is -2.35. The van der Waals surface area contributed by atoms with E-state index in [2.05, 4.69) is 11.1 Å². The van der Waals surface area contributed by atoms with Crippen LogP contribution in [0.5, 0.6) is 0 Å². The molecule has 0 radical (unpaired) electrons. The van der Waals surface area contributed by atoms with Gasteiger partial charge < -0.3 is 18.9 Å². The number of amides is 2. The van der Waals surface area contributed by atoms with Crippen molar-refractivity contribution in [2.24, 2.45) is 0 Å². The number of nitrogens with zero attached hydrogens (tertiary/aromatic N) is 3. The lowest BCUT2D eigenvalue weighted by molar-refractivity contribution is -0.0637. The number of hydrogen-bond donors (Lipinski definition) is 0. The number of aromatic nitrogens is 1. The first-order valence-corrected chi connectivity index (χ1v) is 13.6. The summed E-state index contributed by atoms with van der Waals surface area (Å²) in [6.07, 6.45) is 4.17. The fraction of sp³-hybridized carbons (Fsp3) is 0.759. The third-order valence-electron chi connectivity index (χ3n) is 6.71. The van der Waals surface area contributed by atoms with Crippen LogP contribution in [0.4, 0.5) is 9.59 Å². The molecule has 2 saturated heterocycles. The van der Waals surface area contributed by atoms with E-state index in [1.165, 1.54) is 0 Å². The Morgan fingerprint density at radius 1 is 0.842 bits per heavy atom. The molecule has 214 valence electrons. The molecule has 0 aromatic carbocycles. The average molecular weight is 534 g/mol. The predicted octanol–water partition coefficient (Wildman–Crippen LogP) is 5.69. The SMILES string of the molecule is CC(C)(C)OC(=O)N1[C@@H](CCc2ccc(CC[C@H]3COC(C)(C)N3C(=O)OC(C)(C)C)nc2)COC1(C)C. The number of carbonyl (C=O) groups is 2. The zero-order valence-corrected chi connectivity index (χ0v) is 24.9. The van der Waals surface area contributed by atoms with E-state index in [4.69, 9.17) is 18.9 Å². The summed E-state index contributed by atoms with van der Waals surface area (Å²) in [5.41, 5.74) is -0.491. The number of pyridine rings is 1. The first-order chi connectivity index (χ1) is 17.4. The van der Waals surface area contributed by atoms with E-state index < -0.39 is 22.7 Å². The van der Waals surface area contributed by atoms with E-state index in [1.807, 2.05) is 81.5 Å². The molecule has 2 aliphatic rings. The maximum atomic E-state index is 12.9. The summed E-state index contributed by atoms with van der Waals surface area (Å²) in [5.74, 6) is 0. The minimum absolute atomic E-state index is 0.0657. The van der Waals surface area contributed by atoms with Gasteiger partial charge in [0.25, 0.3) is 0 Å². The normalized spacial score (nSPS) is 23.0. The molecule has 3 heterocycles. The van der Waals surface area contributed by atoms with Crippen molar-refractivity contribution in [2.75, 3.05) is 13.2 Å². The van der Waals surface area contributed by atoms with Crippen molar-refractivity contribution in [3.63, 3.8) is 0 Å². The number of hydrogen-bond acceptors (Lipinski definition) is 7. The molecule has 1 aromatic heterocycles. The molecule has 0 N–H and O–H groups in total. The first kappa shape index (κ1) is 30.2. The highest BCUT2D eigenvalue weighted by Gasteiger charge is 2.46. The van der Waals surface area contributed by atoms with Gasteiger partial charge in [0, 0.05) is 11.9 Å². The Bertz CT molecular complexity index is 899. The van der Waals surface area contributed by atoms with Crippen LogP contribution in [0.2, 0.25) is 0 Å². The molecule has 2 atom stereocenters. The van der Waals surface area contributed by atoms with Gasteiger partial charge in [-0.25, -0.2) is 9.59 Å². The second kappa shape index (κ2) is 11.0. The molecule has 9 heteroatoms. The monoisotopic (exact) mass is 533 g/mol. The van der Waals surface area contributed by atoms with Crippen molar-refractivity contribution in [2.45, 2.75) is 130 Å². The summed E-state index contributed by atoms with van der Waals surface area (Å²) in [5, 5.41) is 0. The number of ether oxygens (including phenoxy) is 4. The zero-order valence-electron chi connectivity index (χ0n) is 24.9. The summed E-state index contributed by atoms with van der Waals surface area (Å²) >= 11 is 0. The van der Waals surface area contributed by atoms with Gasteiger partial charge in [-0.3, -0.25) is 14.8 Å². The Kier molecular flexibility index (Phi) is 8.73. The first-order valence-electron chi connectivity index (χ1n) is 13.6. The number of aryl methyl sites for hydroxylation is 2. The van der Waals surface area contributed by atoms with Crippen LogP contribution in [0.25, 0.3) is 0 Å². The summed E-state index contributed by atoms with van der Waals surface area (Å²) < 4.78 is 23.1. The standard InChI is InChI=1S/C29H47N3O6/c1-26(2,3)37-24(33)31-22(18-35-28(31,7)8)15-12-20-11-13-21(30-17-20)14-16-23-19-36-29(9,10)32(23)25(34)38-27(4,5)6/h11,13,17,22-23H,12,14-16,18-19H2,1-10H3/t22-,23-/m0/s1. The molecule has 0 spiro atoms. The van der Waals surface area contributed by atoms with Crippen LogP contribution in [0.3, 0.4) is 0 Å². The van der Waals surface area contributed by atoms with E-state index in [-0.39, 0.29) is 24.3 Å². The molecule has 2 amide bonds. The van der Waals surface area contributed by atoms with Gasteiger partial charge in [0.15, 0.2) is 0 Å². The second-order valence-electron chi connectivity index (χ2n) is 13.3.